The number of carbonyl (C=O) groups is 5. The summed E-state index contributed by atoms with van der Waals surface area (Å²) in [5, 5.41) is 14.5. The number of unbranched alkanes of at least 4 members (excludes halogenated alkanes) is 1. The highest BCUT2D eigenvalue weighted by molar-refractivity contribution is 6.10. The molecule has 0 saturated heterocycles. The number of amides is 4. The summed E-state index contributed by atoms with van der Waals surface area (Å²) in [6.07, 6.45) is 3.31. The van der Waals surface area contributed by atoms with Gasteiger partial charge in [-0.05, 0) is 107 Å². The Bertz CT molecular complexity index is 2300. The molecule has 0 fully saturated rings. The van der Waals surface area contributed by atoms with Gasteiger partial charge in [0, 0.05) is 25.5 Å². The molecule has 0 aliphatic carbocycles. The Labute approximate surface area is 369 Å². The second-order valence-electron chi connectivity index (χ2n) is 17.0. The molecule has 1 aliphatic heterocycles. The average molecular weight is 869 g/mol. The van der Waals surface area contributed by atoms with Gasteiger partial charge in [-0.15, -0.1) is 0 Å². The number of nitrogens with zero attached hydrogens (tertiary/aromatic N) is 1. The Morgan fingerprint density at radius 3 is 1.90 bits per heavy atom. The van der Waals surface area contributed by atoms with Crippen LogP contribution in [0.5, 0.6) is 11.5 Å². The van der Waals surface area contributed by atoms with Crippen molar-refractivity contribution in [1.82, 2.24) is 21.3 Å². The van der Waals surface area contributed by atoms with Crippen LogP contribution < -0.4 is 30.7 Å². The van der Waals surface area contributed by atoms with Crippen LogP contribution in [0, 0.1) is 0 Å². The van der Waals surface area contributed by atoms with Crippen molar-refractivity contribution in [1.29, 1.82) is 0 Å². The minimum Gasteiger partial charge on any atom is -0.493 e. The maximum Gasteiger partial charge on any atom is 0.414 e. The van der Waals surface area contributed by atoms with Gasteiger partial charge in [-0.1, -0.05) is 72.8 Å². The summed E-state index contributed by atoms with van der Waals surface area (Å²) < 4.78 is 28.6. The highest BCUT2D eigenvalue weighted by atomic mass is 16.6. The Kier molecular flexibility index (Phi) is 16.5. The standard InChI is InChI=1S/C48H59N5O10.H2/c1-47(2,3)62-45(57)52-44(53-46(58)63-48(4,5)6)49-28-14-12-21-35-42(55)51-36(43(56)59-7)22-13-15-29-60-37-26-24-31-17-8-10-19-33(31)40(37)41-34-20-11-9-18-32(34)25-27-38(41)61-30-16-23-39(54)50-35;/h8-11,13,15,17-20,24-27,35-36H,12,14,16,21-23,28-30H2,1-7H3,(H,50,54)(H,51,55)(H2,49,52,53,57,58);1H/b15-13+;/t35-,36+;/m1./s1/i;1+1. The molecule has 4 aromatic rings. The van der Waals surface area contributed by atoms with Gasteiger partial charge < -0.3 is 34.3 Å². The minimum atomic E-state index is -1.05. The number of aliphatic imine (C=N–C) groups is 1. The van der Waals surface area contributed by atoms with Crippen molar-refractivity contribution >= 4 is 57.5 Å². The largest absolute Gasteiger partial charge is 0.493 e. The van der Waals surface area contributed by atoms with E-state index in [1.165, 1.54) is 7.11 Å². The lowest BCUT2D eigenvalue weighted by Gasteiger charge is -2.22. The highest BCUT2D eigenvalue weighted by Crippen LogP contribution is 2.45. The Balaban J connectivity index is 0.00000898. The van der Waals surface area contributed by atoms with Crippen LogP contribution in [0.2, 0.25) is 0 Å². The summed E-state index contributed by atoms with van der Waals surface area (Å²) in [5.74, 6) is -0.502. The molecule has 63 heavy (non-hydrogen) atoms. The fourth-order valence-corrected chi connectivity index (χ4v) is 6.84. The molecule has 4 amide bonds. The second-order valence-corrected chi connectivity index (χ2v) is 17.0. The lowest BCUT2D eigenvalue weighted by Crippen LogP contribution is -2.51. The van der Waals surface area contributed by atoms with E-state index in [4.69, 9.17) is 23.7 Å². The number of benzene rings is 4. The second kappa shape index (κ2) is 21.9. The summed E-state index contributed by atoms with van der Waals surface area (Å²) >= 11 is 0. The first-order chi connectivity index (χ1) is 30.0. The fraction of sp³-hybridized carbons (Fsp3) is 0.417. The molecule has 15 nitrogen and oxygen atoms in total. The van der Waals surface area contributed by atoms with Gasteiger partial charge in [-0.25, -0.2) is 14.4 Å². The molecule has 4 N–H and O–H groups in total. The Hall–Kier alpha value is -6.64. The molecule has 15 heteroatoms. The van der Waals surface area contributed by atoms with Gasteiger partial charge in [0.25, 0.3) is 0 Å². The lowest BCUT2D eigenvalue weighted by molar-refractivity contribution is -0.145. The fourth-order valence-electron chi connectivity index (χ4n) is 6.84. The minimum absolute atomic E-state index is 0. The van der Waals surface area contributed by atoms with Gasteiger partial charge in [-0.3, -0.25) is 25.2 Å². The summed E-state index contributed by atoms with van der Waals surface area (Å²) in [6.45, 7) is 10.7. The van der Waals surface area contributed by atoms with E-state index in [2.05, 4.69) is 38.4 Å². The third-order valence-electron chi connectivity index (χ3n) is 9.57. The average Bonchev–Trinajstić information content (AvgIpc) is 3.21. The molecular weight excluding hydrogens is 807 g/mol. The summed E-state index contributed by atoms with van der Waals surface area (Å²) in [5.41, 5.74) is 0.127. The van der Waals surface area contributed by atoms with E-state index in [0.29, 0.717) is 30.8 Å². The number of nitrogens with one attached hydrogen (secondary N) is 4. The monoisotopic (exact) mass is 868 g/mol. The summed E-state index contributed by atoms with van der Waals surface area (Å²) in [4.78, 5) is 69.6. The smallest absolute Gasteiger partial charge is 0.414 e. The van der Waals surface area contributed by atoms with Crippen LogP contribution in [0.3, 0.4) is 0 Å². The normalized spacial score (nSPS) is 17.0. The van der Waals surface area contributed by atoms with E-state index in [0.717, 1.165) is 32.7 Å². The molecule has 2 atom stereocenters. The van der Waals surface area contributed by atoms with Crippen LogP contribution in [0.4, 0.5) is 9.59 Å². The molecule has 0 aromatic heterocycles. The van der Waals surface area contributed by atoms with E-state index in [1.54, 1.807) is 53.7 Å². The van der Waals surface area contributed by atoms with E-state index in [1.807, 2.05) is 60.7 Å². The molecule has 1 heterocycles. The zero-order valence-corrected chi connectivity index (χ0v) is 37.1. The van der Waals surface area contributed by atoms with Crippen LogP contribution in [0.15, 0.2) is 89.9 Å². The van der Waals surface area contributed by atoms with Crippen molar-refractivity contribution in [3.05, 3.63) is 84.9 Å². The van der Waals surface area contributed by atoms with Crippen molar-refractivity contribution in [2.75, 3.05) is 26.9 Å². The first-order valence-corrected chi connectivity index (χ1v) is 21.2. The van der Waals surface area contributed by atoms with Crippen molar-refractivity contribution in [2.24, 2.45) is 4.99 Å². The third-order valence-corrected chi connectivity index (χ3v) is 9.57. The topological polar surface area (TPSA) is 192 Å². The third kappa shape index (κ3) is 14.5. The maximum absolute atomic E-state index is 13.8. The first kappa shape index (κ1) is 47.4. The number of rotatable bonds is 6. The molecule has 0 bridgehead atoms. The zero-order chi connectivity index (χ0) is 45.6. The molecule has 0 radical (unpaired) electrons. The molecular formula is C48H61N5O10. The van der Waals surface area contributed by atoms with Gasteiger partial charge in [0.15, 0.2) is 0 Å². The first-order valence-electron chi connectivity index (χ1n) is 21.2. The number of hydrogen-bond acceptors (Lipinski definition) is 11. The molecule has 1 aliphatic rings. The van der Waals surface area contributed by atoms with E-state index >= 15 is 0 Å². The Morgan fingerprint density at radius 2 is 1.33 bits per heavy atom. The van der Waals surface area contributed by atoms with Crippen molar-refractivity contribution < 1.29 is 49.1 Å². The molecule has 0 spiro atoms. The van der Waals surface area contributed by atoms with Gasteiger partial charge >= 0.3 is 18.2 Å². The molecule has 338 valence electrons. The number of hydrogen-bond donors (Lipinski definition) is 4. The molecule has 0 saturated carbocycles. The van der Waals surface area contributed by atoms with Crippen LogP contribution in [-0.4, -0.2) is 86.1 Å². The predicted octanol–water partition coefficient (Wildman–Crippen LogP) is 8.12. The SMILES string of the molecule is COC(=O)[C@@H]1C/C=C/COc2ccc3ccccc3c2-c2c(ccc3ccccc23)OCCCC(=O)N[C@H](CCCCN=C(NC(=O)OC(C)(C)C)NC(=O)OC(C)(C)C)C(=O)N1.[2HH]. The van der Waals surface area contributed by atoms with E-state index < -0.39 is 47.3 Å². The van der Waals surface area contributed by atoms with Crippen molar-refractivity contribution in [3.63, 3.8) is 0 Å². The Morgan fingerprint density at radius 1 is 0.762 bits per heavy atom. The zero-order valence-electron chi connectivity index (χ0n) is 37.1. The van der Waals surface area contributed by atoms with Crippen LogP contribution >= 0.6 is 0 Å². The lowest BCUT2D eigenvalue weighted by atomic mass is 9.92. The van der Waals surface area contributed by atoms with E-state index in [-0.39, 0.29) is 52.3 Å². The van der Waals surface area contributed by atoms with Crippen molar-refractivity contribution in [3.8, 4) is 22.6 Å². The number of methoxy groups -OCH3 is 1. The number of ether oxygens (including phenoxy) is 5. The molecule has 4 aromatic carbocycles. The number of esters is 1. The highest BCUT2D eigenvalue weighted by Gasteiger charge is 2.27. The number of carbonyl (C=O) groups excluding carboxylic acids is 5. The predicted molar refractivity (Wildman–Crippen MR) is 244 cm³/mol. The maximum atomic E-state index is 13.8. The van der Waals surface area contributed by atoms with Crippen LogP contribution in [0.1, 0.15) is 81.5 Å². The number of fused-ring (bicyclic) bond motifs is 7. The van der Waals surface area contributed by atoms with Crippen LogP contribution in [-0.2, 0) is 28.6 Å². The van der Waals surface area contributed by atoms with Gasteiger partial charge in [0.1, 0.15) is 41.4 Å². The molecule has 5 rings (SSSR count). The van der Waals surface area contributed by atoms with Crippen molar-refractivity contribution in [2.45, 2.75) is 103 Å². The van der Waals surface area contributed by atoms with Gasteiger partial charge in [0.2, 0.25) is 17.8 Å². The van der Waals surface area contributed by atoms with Gasteiger partial charge in [0.05, 0.1) is 13.7 Å². The quantitative estimate of drug-likeness (QED) is 0.0368. The van der Waals surface area contributed by atoms with Gasteiger partial charge in [-0.2, -0.15) is 0 Å². The van der Waals surface area contributed by atoms with Crippen LogP contribution in [0.25, 0.3) is 32.7 Å². The molecule has 0 unspecified atom stereocenters. The van der Waals surface area contributed by atoms with E-state index in [9.17, 15) is 24.0 Å². The number of alkyl carbamates (subject to hydrolysis) is 2. The number of guanidine groups is 1. The summed E-state index contributed by atoms with van der Waals surface area (Å²) in [7, 11) is 1.24. The summed E-state index contributed by atoms with van der Waals surface area (Å²) in [6, 6.07) is 22.0.